The molecule has 1 aromatic carbocycles. The van der Waals surface area contributed by atoms with E-state index in [0.29, 0.717) is 24.5 Å². The highest BCUT2D eigenvalue weighted by molar-refractivity contribution is 7.89. The van der Waals surface area contributed by atoms with E-state index in [4.69, 9.17) is 9.88 Å². The average molecular weight is 278 g/mol. The fraction of sp³-hybridized carbons (Fsp3) is 0.154. The predicted molar refractivity (Wildman–Crippen MR) is 71.3 cm³/mol. The summed E-state index contributed by atoms with van der Waals surface area (Å²) >= 11 is 0. The molecule has 1 aromatic heterocycles. The molecule has 1 heterocycles. The van der Waals surface area contributed by atoms with Crippen molar-refractivity contribution in [2.45, 2.75) is 11.3 Å². The van der Waals surface area contributed by atoms with Crippen LogP contribution in [0, 0.1) is 0 Å². The molecule has 0 saturated heterocycles. The number of primary sulfonamides is 1. The third kappa shape index (κ3) is 3.77. The van der Waals surface area contributed by atoms with E-state index in [-0.39, 0.29) is 4.90 Å². The van der Waals surface area contributed by atoms with Gasteiger partial charge in [-0.15, -0.1) is 0 Å². The SMILES string of the molecule is NS(=O)(=O)c1ccccc1CCOc1ccccn1. The lowest BCUT2D eigenvalue weighted by Crippen LogP contribution is -2.15. The molecule has 0 saturated carbocycles. The van der Waals surface area contributed by atoms with Crippen LogP contribution < -0.4 is 9.88 Å². The van der Waals surface area contributed by atoms with Crippen molar-refractivity contribution in [2.24, 2.45) is 5.14 Å². The lowest BCUT2D eigenvalue weighted by molar-refractivity contribution is 0.308. The Morgan fingerprint density at radius 2 is 1.84 bits per heavy atom. The molecule has 2 aromatic rings. The number of rotatable bonds is 5. The summed E-state index contributed by atoms with van der Waals surface area (Å²) in [4.78, 5) is 4.15. The van der Waals surface area contributed by atoms with Gasteiger partial charge in [0.1, 0.15) is 0 Å². The van der Waals surface area contributed by atoms with E-state index >= 15 is 0 Å². The maximum atomic E-state index is 11.4. The van der Waals surface area contributed by atoms with Crippen LogP contribution in [0.3, 0.4) is 0 Å². The highest BCUT2D eigenvalue weighted by Gasteiger charge is 2.12. The fourth-order valence-corrected chi connectivity index (χ4v) is 2.49. The fourth-order valence-electron chi connectivity index (χ4n) is 1.69. The average Bonchev–Trinajstić information content (AvgIpc) is 2.39. The summed E-state index contributed by atoms with van der Waals surface area (Å²) in [5, 5.41) is 5.16. The Balaban J connectivity index is 2.05. The topological polar surface area (TPSA) is 82.3 Å². The zero-order chi connectivity index (χ0) is 13.7. The Hall–Kier alpha value is -1.92. The van der Waals surface area contributed by atoms with Gasteiger partial charge in [0.25, 0.3) is 0 Å². The first-order chi connectivity index (χ1) is 9.07. The predicted octanol–water partition coefficient (Wildman–Crippen LogP) is 1.35. The Labute approximate surface area is 112 Å². The van der Waals surface area contributed by atoms with E-state index < -0.39 is 10.0 Å². The van der Waals surface area contributed by atoms with Crippen LogP contribution >= 0.6 is 0 Å². The van der Waals surface area contributed by atoms with Crippen molar-refractivity contribution >= 4 is 10.0 Å². The molecule has 0 atom stereocenters. The second kappa shape index (κ2) is 5.81. The lowest BCUT2D eigenvalue weighted by atomic mass is 10.2. The first kappa shape index (κ1) is 13.5. The van der Waals surface area contributed by atoms with Gasteiger partial charge in [0.2, 0.25) is 15.9 Å². The Morgan fingerprint density at radius 3 is 2.53 bits per heavy atom. The largest absolute Gasteiger partial charge is 0.477 e. The van der Waals surface area contributed by atoms with Crippen molar-refractivity contribution in [1.29, 1.82) is 0 Å². The van der Waals surface area contributed by atoms with Gasteiger partial charge in [0.05, 0.1) is 11.5 Å². The van der Waals surface area contributed by atoms with E-state index in [9.17, 15) is 8.42 Å². The second-order valence-electron chi connectivity index (χ2n) is 3.92. The maximum absolute atomic E-state index is 11.4. The quantitative estimate of drug-likeness (QED) is 0.895. The maximum Gasteiger partial charge on any atom is 0.238 e. The molecule has 2 rings (SSSR count). The number of pyridine rings is 1. The zero-order valence-corrected chi connectivity index (χ0v) is 11.0. The lowest BCUT2D eigenvalue weighted by Gasteiger charge is -2.08. The van der Waals surface area contributed by atoms with Gasteiger partial charge in [0, 0.05) is 18.7 Å². The number of hydrogen-bond donors (Lipinski definition) is 1. The number of benzene rings is 1. The summed E-state index contributed by atoms with van der Waals surface area (Å²) < 4.78 is 28.3. The van der Waals surface area contributed by atoms with Crippen LogP contribution in [0.4, 0.5) is 0 Å². The van der Waals surface area contributed by atoms with Crippen molar-refractivity contribution in [2.75, 3.05) is 6.61 Å². The van der Waals surface area contributed by atoms with Crippen LogP contribution in [0.15, 0.2) is 53.6 Å². The Bertz CT molecular complexity index is 642. The number of nitrogens with two attached hydrogens (primary N) is 1. The molecule has 0 spiro atoms. The molecule has 0 amide bonds. The van der Waals surface area contributed by atoms with Crippen molar-refractivity contribution in [3.63, 3.8) is 0 Å². The van der Waals surface area contributed by atoms with Gasteiger partial charge in [-0.05, 0) is 17.7 Å². The molecule has 0 bridgehead atoms. The smallest absolute Gasteiger partial charge is 0.238 e. The molecule has 0 radical (unpaired) electrons. The molecule has 19 heavy (non-hydrogen) atoms. The van der Waals surface area contributed by atoms with Gasteiger partial charge in [-0.25, -0.2) is 18.5 Å². The number of sulfonamides is 1. The summed E-state index contributed by atoms with van der Waals surface area (Å²) in [6.07, 6.45) is 2.08. The molecule has 0 unspecified atom stereocenters. The van der Waals surface area contributed by atoms with Crippen molar-refractivity contribution in [3.05, 3.63) is 54.2 Å². The standard InChI is InChI=1S/C13H14N2O3S/c14-19(16,17)12-6-2-1-5-11(12)8-10-18-13-7-3-4-9-15-13/h1-7,9H,8,10H2,(H2,14,16,17). The van der Waals surface area contributed by atoms with Gasteiger partial charge < -0.3 is 4.74 Å². The van der Waals surface area contributed by atoms with E-state index in [2.05, 4.69) is 4.98 Å². The Morgan fingerprint density at radius 1 is 1.11 bits per heavy atom. The molecular formula is C13H14N2O3S. The summed E-state index contributed by atoms with van der Waals surface area (Å²) in [6, 6.07) is 12.0. The number of ether oxygens (including phenoxy) is 1. The molecule has 0 aliphatic heterocycles. The summed E-state index contributed by atoms with van der Waals surface area (Å²) in [6.45, 7) is 0.337. The molecule has 0 fully saturated rings. The number of nitrogens with zero attached hydrogens (tertiary/aromatic N) is 1. The van der Waals surface area contributed by atoms with Crippen LogP contribution in [-0.2, 0) is 16.4 Å². The van der Waals surface area contributed by atoms with Crippen molar-refractivity contribution in [1.82, 2.24) is 4.98 Å². The molecule has 5 nitrogen and oxygen atoms in total. The van der Waals surface area contributed by atoms with E-state index in [1.165, 1.54) is 6.07 Å². The molecular weight excluding hydrogens is 264 g/mol. The summed E-state index contributed by atoms with van der Waals surface area (Å²) in [5.41, 5.74) is 0.640. The summed E-state index contributed by atoms with van der Waals surface area (Å²) in [5.74, 6) is 0.510. The minimum Gasteiger partial charge on any atom is -0.477 e. The van der Waals surface area contributed by atoms with Crippen LogP contribution in [0.2, 0.25) is 0 Å². The first-order valence-corrected chi connectivity index (χ1v) is 7.26. The van der Waals surface area contributed by atoms with Gasteiger partial charge in [0.15, 0.2) is 0 Å². The van der Waals surface area contributed by atoms with Gasteiger partial charge >= 0.3 is 0 Å². The van der Waals surface area contributed by atoms with Crippen LogP contribution in [0.5, 0.6) is 5.88 Å². The van der Waals surface area contributed by atoms with Gasteiger partial charge in [-0.3, -0.25) is 0 Å². The van der Waals surface area contributed by atoms with Crippen molar-refractivity contribution < 1.29 is 13.2 Å². The van der Waals surface area contributed by atoms with Crippen LogP contribution in [-0.4, -0.2) is 20.0 Å². The Kier molecular flexibility index (Phi) is 4.13. The molecule has 2 N–H and O–H groups in total. The van der Waals surface area contributed by atoms with Crippen LogP contribution in [0.1, 0.15) is 5.56 Å². The van der Waals surface area contributed by atoms with Gasteiger partial charge in [-0.1, -0.05) is 24.3 Å². The minimum absolute atomic E-state index is 0.139. The number of aromatic nitrogens is 1. The molecule has 100 valence electrons. The third-order valence-corrected chi connectivity index (χ3v) is 3.55. The van der Waals surface area contributed by atoms with Gasteiger partial charge in [-0.2, -0.15) is 0 Å². The molecule has 0 aliphatic rings. The normalized spacial score (nSPS) is 11.2. The third-order valence-electron chi connectivity index (χ3n) is 2.54. The highest BCUT2D eigenvalue weighted by Crippen LogP contribution is 2.14. The van der Waals surface area contributed by atoms with Crippen molar-refractivity contribution in [3.8, 4) is 5.88 Å². The van der Waals surface area contributed by atoms with E-state index in [0.717, 1.165) is 0 Å². The number of hydrogen-bond acceptors (Lipinski definition) is 4. The first-order valence-electron chi connectivity index (χ1n) is 5.72. The summed E-state index contributed by atoms with van der Waals surface area (Å²) in [7, 11) is -3.70. The minimum atomic E-state index is -3.70. The monoisotopic (exact) mass is 278 g/mol. The molecule has 6 heteroatoms. The van der Waals surface area contributed by atoms with E-state index in [1.54, 1.807) is 36.5 Å². The van der Waals surface area contributed by atoms with Crippen LogP contribution in [0.25, 0.3) is 0 Å². The highest BCUT2D eigenvalue weighted by atomic mass is 32.2. The zero-order valence-electron chi connectivity index (χ0n) is 10.2. The molecule has 0 aliphatic carbocycles. The van der Waals surface area contributed by atoms with E-state index in [1.807, 2.05) is 6.07 Å². The second-order valence-corrected chi connectivity index (χ2v) is 5.45.